The van der Waals surface area contributed by atoms with Crippen LogP contribution in [0.25, 0.3) is 5.69 Å². The zero-order valence-electron chi connectivity index (χ0n) is 14.6. The molecule has 2 aromatic rings. The average molecular weight is 356 g/mol. The Labute approximate surface area is 149 Å². The van der Waals surface area contributed by atoms with Crippen LogP contribution >= 0.6 is 0 Å². The summed E-state index contributed by atoms with van der Waals surface area (Å²) in [6.45, 7) is 6.16. The largest absolute Gasteiger partial charge is 0.508 e. The van der Waals surface area contributed by atoms with Gasteiger partial charge in [-0.15, -0.1) is 0 Å². The van der Waals surface area contributed by atoms with Gasteiger partial charge in [-0.2, -0.15) is 0 Å². The van der Waals surface area contributed by atoms with Gasteiger partial charge >= 0.3 is 0 Å². The van der Waals surface area contributed by atoms with Gasteiger partial charge in [0.05, 0.1) is 16.8 Å². The fraction of sp³-hybridized carbons (Fsp3) is 0.278. The van der Waals surface area contributed by atoms with Crippen LogP contribution in [0.15, 0.2) is 29.1 Å². The van der Waals surface area contributed by atoms with Gasteiger partial charge in [-0.3, -0.25) is 29.2 Å². The number of aromatic hydroxyl groups is 1. The molecule has 1 aliphatic heterocycles. The van der Waals surface area contributed by atoms with Crippen LogP contribution in [0.5, 0.6) is 5.75 Å². The number of nitrogens with zero attached hydrogens (tertiary/aromatic N) is 2. The zero-order chi connectivity index (χ0) is 19.0. The molecule has 4 N–H and O–H groups in total. The molecule has 136 valence electrons. The summed E-state index contributed by atoms with van der Waals surface area (Å²) in [5.41, 5.74) is 6.55. The normalized spacial score (nSPS) is 13.2. The Kier molecular flexibility index (Phi) is 4.52. The van der Waals surface area contributed by atoms with Crippen LogP contribution in [-0.4, -0.2) is 39.5 Å². The molecule has 1 aromatic carbocycles. The lowest BCUT2D eigenvalue weighted by atomic mass is 10.1. The molecule has 2 amide bonds. The van der Waals surface area contributed by atoms with E-state index in [2.05, 4.69) is 10.2 Å². The molecule has 26 heavy (non-hydrogen) atoms. The first-order chi connectivity index (χ1) is 12.4. The van der Waals surface area contributed by atoms with Gasteiger partial charge in [-0.05, 0) is 31.3 Å². The summed E-state index contributed by atoms with van der Waals surface area (Å²) in [5.74, 6) is -1.25. The van der Waals surface area contributed by atoms with Crippen molar-refractivity contribution >= 4 is 17.6 Å². The van der Waals surface area contributed by atoms with Crippen molar-refractivity contribution in [1.29, 1.82) is 0 Å². The molecule has 0 radical (unpaired) electrons. The maximum absolute atomic E-state index is 12.5. The van der Waals surface area contributed by atoms with Gasteiger partial charge in [-0.1, -0.05) is 13.8 Å². The number of phenolic OH excluding ortho intramolecular Hbond substituents is 1. The summed E-state index contributed by atoms with van der Waals surface area (Å²) in [5, 5.41) is 12.3. The monoisotopic (exact) mass is 356 g/mol. The van der Waals surface area contributed by atoms with Gasteiger partial charge in [0.1, 0.15) is 11.6 Å². The standard InChI is InChI=1S/C18H20N4O4/c1-3-21(4-2)9-10-7-11(5-6-13(10)23)22-14(24)8-12-15(16(22)19)18(26)20-17(12)25/h5-8,23H,3-4,9,19H2,1-2H3,(H,20,25,26). The second kappa shape index (κ2) is 6.64. The summed E-state index contributed by atoms with van der Waals surface area (Å²) in [6, 6.07) is 5.79. The number of hydrogen-bond donors (Lipinski definition) is 3. The fourth-order valence-electron chi connectivity index (χ4n) is 3.07. The third-order valence-electron chi connectivity index (χ3n) is 4.56. The molecule has 3 rings (SSSR count). The van der Waals surface area contributed by atoms with Crippen LogP contribution in [-0.2, 0) is 6.54 Å². The molecule has 8 heteroatoms. The molecule has 0 atom stereocenters. The van der Waals surface area contributed by atoms with E-state index in [0.29, 0.717) is 17.8 Å². The molecule has 1 aliphatic rings. The van der Waals surface area contributed by atoms with Gasteiger partial charge < -0.3 is 10.8 Å². The molecule has 0 unspecified atom stereocenters. The highest BCUT2D eigenvalue weighted by molar-refractivity contribution is 6.23. The number of aromatic nitrogens is 1. The lowest BCUT2D eigenvalue weighted by molar-refractivity contribution is 0.0880. The number of hydrogen-bond acceptors (Lipinski definition) is 6. The molecule has 0 spiro atoms. The Morgan fingerprint density at radius 1 is 1.12 bits per heavy atom. The first-order valence-corrected chi connectivity index (χ1v) is 8.33. The number of amides is 2. The van der Waals surface area contributed by atoms with Crippen molar-refractivity contribution < 1.29 is 14.7 Å². The minimum absolute atomic E-state index is 0.00651. The Bertz CT molecular complexity index is 960. The second-order valence-corrected chi connectivity index (χ2v) is 6.05. The number of pyridine rings is 1. The quantitative estimate of drug-likeness (QED) is 0.684. The number of phenols is 1. The molecule has 0 saturated carbocycles. The smallest absolute Gasteiger partial charge is 0.262 e. The first kappa shape index (κ1) is 17.7. The second-order valence-electron chi connectivity index (χ2n) is 6.05. The third-order valence-corrected chi connectivity index (χ3v) is 4.56. The highest BCUT2D eigenvalue weighted by Gasteiger charge is 2.31. The maximum atomic E-state index is 12.5. The van der Waals surface area contributed by atoms with Crippen LogP contribution in [0.4, 0.5) is 5.82 Å². The van der Waals surface area contributed by atoms with Crippen molar-refractivity contribution in [3.8, 4) is 11.4 Å². The minimum atomic E-state index is -0.631. The van der Waals surface area contributed by atoms with E-state index in [1.165, 1.54) is 10.6 Å². The van der Waals surface area contributed by atoms with Crippen molar-refractivity contribution in [2.24, 2.45) is 0 Å². The average Bonchev–Trinajstić information content (AvgIpc) is 2.88. The Hall–Kier alpha value is -3.13. The highest BCUT2D eigenvalue weighted by Crippen LogP contribution is 2.26. The van der Waals surface area contributed by atoms with Crippen LogP contribution in [0.1, 0.15) is 40.1 Å². The number of imide groups is 1. The Morgan fingerprint density at radius 2 is 1.81 bits per heavy atom. The van der Waals surface area contributed by atoms with E-state index in [4.69, 9.17) is 5.73 Å². The molecule has 2 heterocycles. The van der Waals surface area contributed by atoms with Crippen molar-refractivity contribution in [3.05, 3.63) is 51.3 Å². The Balaban J connectivity index is 2.14. The lowest BCUT2D eigenvalue weighted by Gasteiger charge is -2.20. The fourth-order valence-corrected chi connectivity index (χ4v) is 3.07. The van der Waals surface area contributed by atoms with E-state index in [1.54, 1.807) is 12.1 Å². The summed E-state index contributed by atoms with van der Waals surface area (Å²) in [6.07, 6.45) is 0. The van der Waals surface area contributed by atoms with E-state index in [0.717, 1.165) is 19.2 Å². The van der Waals surface area contributed by atoms with Crippen molar-refractivity contribution in [3.63, 3.8) is 0 Å². The topological polar surface area (TPSA) is 118 Å². The van der Waals surface area contributed by atoms with E-state index < -0.39 is 17.4 Å². The summed E-state index contributed by atoms with van der Waals surface area (Å²) in [4.78, 5) is 38.3. The number of nitrogens with one attached hydrogen (secondary N) is 1. The van der Waals surface area contributed by atoms with Gasteiger partial charge in [0.25, 0.3) is 17.4 Å². The van der Waals surface area contributed by atoms with Gasteiger partial charge in [0.2, 0.25) is 0 Å². The van der Waals surface area contributed by atoms with E-state index in [9.17, 15) is 19.5 Å². The number of nitrogens with two attached hydrogens (primary N) is 1. The molecule has 1 aromatic heterocycles. The predicted octanol–water partition coefficient (Wildman–Crippen LogP) is 0.851. The number of fused-ring (bicyclic) bond motifs is 1. The van der Waals surface area contributed by atoms with Crippen molar-refractivity contribution in [2.45, 2.75) is 20.4 Å². The third kappa shape index (κ3) is 2.84. The van der Waals surface area contributed by atoms with Gasteiger partial charge in [0.15, 0.2) is 0 Å². The van der Waals surface area contributed by atoms with Crippen molar-refractivity contribution in [2.75, 3.05) is 18.8 Å². The lowest BCUT2D eigenvalue weighted by Crippen LogP contribution is -2.25. The summed E-state index contributed by atoms with van der Waals surface area (Å²) in [7, 11) is 0. The predicted molar refractivity (Wildman–Crippen MR) is 96.5 cm³/mol. The van der Waals surface area contributed by atoms with Crippen LogP contribution in [0, 0.1) is 0 Å². The Morgan fingerprint density at radius 3 is 2.46 bits per heavy atom. The number of carbonyl (C=O) groups is 2. The van der Waals surface area contributed by atoms with Crippen molar-refractivity contribution in [1.82, 2.24) is 14.8 Å². The molecule has 0 bridgehead atoms. The molecular formula is C18H20N4O4. The minimum Gasteiger partial charge on any atom is -0.508 e. The molecule has 0 fully saturated rings. The van der Waals surface area contributed by atoms with Crippen LogP contribution < -0.4 is 16.6 Å². The number of benzene rings is 1. The number of nitrogen functional groups attached to an aromatic ring is 1. The summed E-state index contributed by atoms with van der Waals surface area (Å²) < 4.78 is 1.17. The number of anilines is 1. The SMILES string of the molecule is CCN(CC)Cc1cc(-n2c(N)c3c(cc2=O)C(=O)NC3=O)ccc1O. The molecule has 8 nitrogen and oxygen atoms in total. The van der Waals surface area contributed by atoms with Crippen LogP contribution in [0.2, 0.25) is 0 Å². The maximum Gasteiger partial charge on any atom is 0.262 e. The zero-order valence-corrected chi connectivity index (χ0v) is 14.6. The summed E-state index contributed by atoms with van der Waals surface area (Å²) >= 11 is 0. The highest BCUT2D eigenvalue weighted by atomic mass is 16.3. The molecular weight excluding hydrogens is 336 g/mol. The molecule has 0 saturated heterocycles. The number of rotatable bonds is 5. The van der Waals surface area contributed by atoms with Crippen LogP contribution in [0.3, 0.4) is 0 Å². The first-order valence-electron chi connectivity index (χ1n) is 8.33. The van der Waals surface area contributed by atoms with E-state index >= 15 is 0 Å². The van der Waals surface area contributed by atoms with E-state index in [1.807, 2.05) is 13.8 Å². The number of carbonyl (C=O) groups excluding carboxylic acids is 2. The van der Waals surface area contributed by atoms with Gasteiger partial charge in [-0.25, -0.2) is 0 Å². The molecule has 0 aliphatic carbocycles. The van der Waals surface area contributed by atoms with E-state index in [-0.39, 0.29) is 22.7 Å². The van der Waals surface area contributed by atoms with Gasteiger partial charge in [0, 0.05) is 18.2 Å².